The molecule has 0 unspecified atom stereocenters. The normalized spacial score (nSPS) is 24.8. The van der Waals surface area contributed by atoms with Gasteiger partial charge in [-0.1, -0.05) is 6.58 Å². The Morgan fingerprint density at radius 3 is 3.09 bits per heavy atom. The molecule has 1 heterocycles. The summed E-state index contributed by atoms with van der Waals surface area (Å²) in [6.07, 6.45) is 1.57. The predicted octanol–water partition coefficient (Wildman–Crippen LogP) is 0.870. The Morgan fingerprint density at radius 1 is 1.82 bits per heavy atom. The highest BCUT2D eigenvalue weighted by Gasteiger charge is 2.18. The van der Waals surface area contributed by atoms with Gasteiger partial charge in [-0.3, -0.25) is 5.41 Å². The Bertz CT molecular complexity index is 167. The zero-order chi connectivity index (χ0) is 8.27. The Balaban J connectivity index is 2.53. The third-order valence-corrected chi connectivity index (χ3v) is 1.87. The molecule has 11 heavy (non-hydrogen) atoms. The van der Waals surface area contributed by atoms with E-state index < -0.39 is 0 Å². The van der Waals surface area contributed by atoms with Crippen LogP contribution >= 0.6 is 0 Å². The fourth-order valence-electron chi connectivity index (χ4n) is 1.20. The molecule has 0 saturated carbocycles. The maximum absolute atomic E-state index is 7.51. The van der Waals surface area contributed by atoms with Gasteiger partial charge < -0.3 is 9.64 Å². The summed E-state index contributed by atoms with van der Waals surface area (Å²) in [5, 5.41) is 7.51. The Hall–Kier alpha value is -0.830. The van der Waals surface area contributed by atoms with Crippen LogP contribution in [-0.2, 0) is 4.74 Å². The summed E-state index contributed by atoms with van der Waals surface area (Å²) in [5.41, 5.74) is 0. The van der Waals surface area contributed by atoms with Gasteiger partial charge >= 0.3 is 0 Å². The second kappa shape index (κ2) is 3.53. The molecule has 0 aromatic heterocycles. The SMILES string of the molecule is C=CC(=N)N1CCOC[C@H]1C. The molecule has 1 aliphatic rings. The summed E-state index contributed by atoms with van der Waals surface area (Å²) in [6, 6.07) is 0.314. The van der Waals surface area contributed by atoms with Crippen molar-refractivity contribution < 1.29 is 4.74 Å². The van der Waals surface area contributed by atoms with Crippen molar-refractivity contribution in [1.82, 2.24) is 4.90 Å². The molecule has 0 bridgehead atoms. The molecule has 0 aliphatic carbocycles. The lowest BCUT2D eigenvalue weighted by atomic mass is 10.2. The van der Waals surface area contributed by atoms with Crippen LogP contribution in [0.4, 0.5) is 0 Å². The summed E-state index contributed by atoms with van der Waals surface area (Å²) in [4.78, 5) is 2.00. The van der Waals surface area contributed by atoms with Crippen molar-refractivity contribution in [2.24, 2.45) is 0 Å². The lowest BCUT2D eigenvalue weighted by Gasteiger charge is -2.34. The number of rotatable bonds is 1. The zero-order valence-electron chi connectivity index (χ0n) is 6.84. The first kappa shape index (κ1) is 8.27. The first-order chi connectivity index (χ1) is 5.25. The third kappa shape index (κ3) is 1.80. The minimum Gasteiger partial charge on any atom is -0.377 e. The maximum Gasteiger partial charge on any atom is 0.120 e. The number of nitrogens with one attached hydrogen (secondary N) is 1. The van der Waals surface area contributed by atoms with Gasteiger partial charge in [0.2, 0.25) is 0 Å². The predicted molar refractivity (Wildman–Crippen MR) is 44.9 cm³/mol. The zero-order valence-corrected chi connectivity index (χ0v) is 6.84. The molecule has 0 radical (unpaired) electrons. The van der Waals surface area contributed by atoms with E-state index in [-0.39, 0.29) is 0 Å². The van der Waals surface area contributed by atoms with Gasteiger partial charge in [-0.15, -0.1) is 0 Å². The molecule has 3 heteroatoms. The standard InChI is InChI=1S/C8H14N2O/c1-3-8(9)10-4-5-11-6-7(10)2/h3,7,9H,1,4-6H2,2H3/t7-/m1/s1. The van der Waals surface area contributed by atoms with Crippen LogP contribution in [0.2, 0.25) is 0 Å². The molecule has 3 nitrogen and oxygen atoms in total. The van der Waals surface area contributed by atoms with Crippen molar-refractivity contribution in [2.75, 3.05) is 19.8 Å². The van der Waals surface area contributed by atoms with E-state index in [1.165, 1.54) is 0 Å². The van der Waals surface area contributed by atoms with E-state index in [9.17, 15) is 0 Å². The lowest BCUT2D eigenvalue weighted by Crippen LogP contribution is -2.46. The van der Waals surface area contributed by atoms with E-state index in [1.54, 1.807) is 6.08 Å². The Morgan fingerprint density at radius 2 is 2.55 bits per heavy atom. The molecule has 62 valence electrons. The van der Waals surface area contributed by atoms with Gasteiger partial charge in [-0.05, 0) is 13.0 Å². The van der Waals surface area contributed by atoms with Crippen molar-refractivity contribution >= 4 is 5.84 Å². The minimum atomic E-state index is 0.314. The van der Waals surface area contributed by atoms with Gasteiger partial charge in [-0.2, -0.15) is 0 Å². The van der Waals surface area contributed by atoms with E-state index in [2.05, 4.69) is 13.5 Å². The first-order valence-electron chi connectivity index (χ1n) is 3.81. The van der Waals surface area contributed by atoms with Crippen molar-refractivity contribution in [3.63, 3.8) is 0 Å². The average Bonchev–Trinajstić information content (AvgIpc) is 2.04. The highest BCUT2D eigenvalue weighted by Crippen LogP contribution is 2.06. The van der Waals surface area contributed by atoms with Crippen LogP contribution in [0.15, 0.2) is 12.7 Å². The van der Waals surface area contributed by atoms with Gasteiger partial charge in [0.1, 0.15) is 5.84 Å². The maximum atomic E-state index is 7.51. The quantitative estimate of drug-likeness (QED) is 0.449. The van der Waals surface area contributed by atoms with Crippen LogP contribution in [-0.4, -0.2) is 36.5 Å². The Labute approximate surface area is 67.2 Å². The number of morpholine rings is 1. The smallest absolute Gasteiger partial charge is 0.120 e. The van der Waals surface area contributed by atoms with E-state index in [0.29, 0.717) is 11.9 Å². The van der Waals surface area contributed by atoms with Crippen molar-refractivity contribution in [2.45, 2.75) is 13.0 Å². The number of amidine groups is 1. The topological polar surface area (TPSA) is 36.3 Å². The highest BCUT2D eigenvalue weighted by molar-refractivity contribution is 5.89. The average molecular weight is 154 g/mol. The van der Waals surface area contributed by atoms with Crippen LogP contribution in [0.3, 0.4) is 0 Å². The van der Waals surface area contributed by atoms with Crippen LogP contribution in [0.25, 0.3) is 0 Å². The molecule has 0 aromatic rings. The summed E-state index contributed by atoms with van der Waals surface area (Å²) < 4.78 is 5.23. The van der Waals surface area contributed by atoms with Gasteiger partial charge in [0.25, 0.3) is 0 Å². The van der Waals surface area contributed by atoms with Gasteiger partial charge in [0, 0.05) is 6.54 Å². The molecular formula is C8H14N2O. The molecule has 1 fully saturated rings. The molecule has 1 aliphatic heterocycles. The monoisotopic (exact) mass is 154 g/mol. The van der Waals surface area contributed by atoms with Crippen molar-refractivity contribution in [1.29, 1.82) is 5.41 Å². The third-order valence-electron chi connectivity index (χ3n) is 1.87. The van der Waals surface area contributed by atoms with Gasteiger partial charge in [-0.25, -0.2) is 0 Å². The summed E-state index contributed by atoms with van der Waals surface area (Å²) in [5.74, 6) is 0.501. The first-order valence-corrected chi connectivity index (χ1v) is 3.81. The molecule has 1 atom stereocenters. The number of hydrogen-bond acceptors (Lipinski definition) is 2. The molecule has 0 amide bonds. The van der Waals surface area contributed by atoms with E-state index in [0.717, 1.165) is 19.8 Å². The molecule has 1 saturated heterocycles. The van der Waals surface area contributed by atoms with E-state index in [4.69, 9.17) is 10.1 Å². The van der Waals surface area contributed by atoms with Gasteiger partial charge in [0.05, 0.1) is 19.3 Å². The van der Waals surface area contributed by atoms with Crippen LogP contribution in [0, 0.1) is 5.41 Å². The van der Waals surface area contributed by atoms with Gasteiger partial charge in [0.15, 0.2) is 0 Å². The summed E-state index contributed by atoms with van der Waals surface area (Å²) in [6.45, 7) is 7.87. The molecule has 1 N–H and O–H groups in total. The van der Waals surface area contributed by atoms with E-state index in [1.807, 2.05) is 4.90 Å². The Kier molecular flexibility index (Phi) is 2.65. The van der Waals surface area contributed by atoms with Crippen molar-refractivity contribution in [3.05, 3.63) is 12.7 Å². The molecule has 1 rings (SSSR count). The minimum absolute atomic E-state index is 0.314. The highest BCUT2D eigenvalue weighted by atomic mass is 16.5. The number of ether oxygens (including phenoxy) is 1. The van der Waals surface area contributed by atoms with E-state index >= 15 is 0 Å². The fraction of sp³-hybridized carbons (Fsp3) is 0.625. The fourth-order valence-corrected chi connectivity index (χ4v) is 1.20. The van der Waals surface area contributed by atoms with Crippen LogP contribution in [0.5, 0.6) is 0 Å². The molecular weight excluding hydrogens is 140 g/mol. The molecule has 0 aromatic carbocycles. The van der Waals surface area contributed by atoms with Crippen LogP contribution in [0.1, 0.15) is 6.92 Å². The van der Waals surface area contributed by atoms with Crippen LogP contribution < -0.4 is 0 Å². The number of nitrogens with zero attached hydrogens (tertiary/aromatic N) is 1. The lowest BCUT2D eigenvalue weighted by molar-refractivity contribution is 0.0333. The van der Waals surface area contributed by atoms with Crippen molar-refractivity contribution in [3.8, 4) is 0 Å². The second-order valence-corrected chi connectivity index (χ2v) is 2.71. The summed E-state index contributed by atoms with van der Waals surface area (Å²) in [7, 11) is 0. The largest absolute Gasteiger partial charge is 0.377 e. The summed E-state index contributed by atoms with van der Waals surface area (Å²) >= 11 is 0. The number of hydrogen-bond donors (Lipinski definition) is 1. The second-order valence-electron chi connectivity index (χ2n) is 2.71. The molecule has 0 spiro atoms.